The molecule has 1 saturated heterocycles. The Bertz CT molecular complexity index is 2740. The number of fused-ring (bicyclic) bond motifs is 2. The Morgan fingerprint density at radius 2 is 1.26 bits per heavy atom. The maximum Gasteiger partial charge on any atom is 0.328 e. The lowest BCUT2D eigenvalue weighted by molar-refractivity contribution is -0.134. The van der Waals surface area contributed by atoms with Gasteiger partial charge in [0.15, 0.2) is 5.52 Å². The van der Waals surface area contributed by atoms with Crippen LogP contribution in [0.5, 0.6) is 0 Å². The van der Waals surface area contributed by atoms with Gasteiger partial charge in [-0.1, -0.05) is 12.1 Å². The van der Waals surface area contributed by atoms with Crippen LogP contribution in [0.3, 0.4) is 0 Å². The van der Waals surface area contributed by atoms with E-state index in [0.29, 0.717) is 76.0 Å². The Labute approximate surface area is 385 Å². The number of anilines is 2. The summed E-state index contributed by atoms with van der Waals surface area (Å²) in [6.07, 6.45) is 11.0. The van der Waals surface area contributed by atoms with Crippen LogP contribution >= 0.6 is 0 Å². The van der Waals surface area contributed by atoms with Crippen molar-refractivity contribution >= 4 is 79.4 Å². The number of benzene rings is 2. The second-order valence-electron chi connectivity index (χ2n) is 14.9. The van der Waals surface area contributed by atoms with Gasteiger partial charge in [-0.15, -0.1) is 0 Å². The molecule has 2 fully saturated rings. The van der Waals surface area contributed by atoms with Crippen LogP contribution in [0.1, 0.15) is 37.3 Å². The number of likely N-dealkylation sites (N-methyl/N-ethyl adjacent to an activating group) is 1. The van der Waals surface area contributed by atoms with Gasteiger partial charge in [-0.2, -0.15) is 0 Å². The second-order valence-corrected chi connectivity index (χ2v) is 16.5. The molecule has 3 aromatic heterocycles. The van der Waals surface area contributed by atoms with Crippen LogP contribution in [0, 0.1) is 12.7 Å². The zero-order chi connectivity index (χ0) is 50.3. The molecule has 1 aliphatic heterocycles. The van der Waals surface area contributed by atoms with E-state index in [9.17, 15) is 37.2 Å². The fraction of sp³-hybridized carbons (Fsp3) is 0.286. The fourth-order valence-electron chi connectivity index (χ4n) is 7.15. The summed E-state index contributed by atoms with van der Waals surface area (Å²) in [5.41, 5.74) is 8.91. The van der Waals surface area contributed by atoms with Crippen molar-refractivity contribution in [3.8, 4) is 11.1 Å². The number of nitrogen functional groups attached to an aromatic ring is 1. The van der Waals surface area contributed by atoms with Crippen molar-refractivity contribution in [3.63, 3.8) is 0 Å². The van der Waals surface area contributed by atoms with Gasteiger partial charge >= 0.3 is 35.8 Å². The molecule has 2 aliphatic rings. The molecule has 2 aromatic carbocycles. The third-order valence-electron chi connectivity index (χ3n) is 10.2. The standard InChI is InChI=1S/C30H34FN9O3S.3C4H4O4/c1-18-3-9-25-27(36-43-35-25)28(18)44(41,42)37-24-10-4-19(15-23(24)31)22-16-40(30-26(22)29(32)33-17-34-30)21-7-5-20(6-8-21)39-13-11-38(2)12-14-39;3*5-3(6)1-2-4(7)8/h3-4,9-10,15-17,20-21,37H,5-8,11-14H2,1-2H3,(H2,32,33,34);3*1-2H,(H,5,6)(H,7,8)/b;3*2-1-. The molecule has 5 aromatic rings. The maximum atomic E-state index is 15.6. The number of carboxylic acids is 6. The lowest BCUT2D eigenvalue weighted by atomic mass is 9.89. The predicted molar refractivity (Wildman–Crippen MR) is 238 cm³/mol. The Kier molecular flexibility index (Phi) is 18.5. The summed E-state index contributed by atoms with van der Waals surface area (Å²) in [6, 6.07) is 8.41. The normalized spacial score (nSPS) is 16.6. The van der Waals surface area contributed by atoms with E-state index in [1.54, 1.807) is 25.1 Å². The Morgan fingerprint density at radius 3 is 1.76 bits per heavy atom. The van der Waals surface area contributed by atoms with Crippen molar-refractivity contribution < 1.29 is 76.8 Å². The number of aliphatic carboxylic acids is 6. The highest BCUT2D eigenvalue weighted by Crippen LogP contribution is 2.40. The minimum Gasteiger partial charge on any atom is -0.478 e. The molecule has 7 rings (SSSR count). The van der Waals surface area contributed by atoms with Gasteiger partial charge < -0.3 is 45.8 Å². The molecule has 0 unspecified atom stereocenters. The van der Waals surface area contributed by atoms with Crippen molar-refractivity contribution in [2.24, 2.45) is 0 Å². The molecule has 1 aliphatic carbocycles. The zero-order valence-electron chi connectivity index (χ0n) is 36.2. The summed E-state index contributed by atoms with van der Waals surface area (Å²) < 4.78 is 51.5. The molecule has 362 valence electrons. The number of hydrogen-bond acceptors (Lipinski definition) is 16. The lowest BCUT2D eigenvalue weighted by Crippen LogP contribution is -2.49. The van der Waals surface area contributed by atoms with Crippen LogP contribution in [0.15, 0.2) is 88.8 Å². The predicted octanol–water partition coefficient (Wildman–Crippen LogP) is 3.33. The fourth-order valence-corrected chi connectivity index (χ4v) is 8.60. The first kappa shape index (κ1) is 52.5. The van der Waals surface area contributed by atoms with Crippen LogP contribution in [-0.2, 0) is 38.8 Å². The third-order valence-corrected chi connectivity index (χ3v) is 11.8. The quantitative estimate of drug-likeness (QED) is 0.0831. The van der Waals surface area contributed by atoms with Gasteiger partial charge in [-0.25, -0.2) is 56.2 Å². The number of rotatable bonds is 12. The van der Waals surface area contributed by atoms with Crippen molar-refractivity contribution in [3.05, 3.63) is 90.7 Å². The second kappa shape index (κ2) is 23.9. The van der Waals surface area contributed by atoms with Gasteiger partial charge in [-0.3, -0.25) is 9.62 Å². The first-order chi connectivity index (χ1) is 32.1. The van der Waals surface area contributed by atoms with Gasteiger partial charge in [0.1, 0.15) is 34.0 Å². The maximum absolute atomic E-state index is 15.6. The monoisotopic (exact) mass is 967 g/mol. The zero-order valence-corrected chi connectivity index (χ0v) is 37.0. The number of nitrogens with two attached hydrogens (primary N) is 1. The molecule has 68 heavy (non-hydrogen) atoms. The molecule has 0 radical (unpaired) electrons. The molecule has 0 bridgehead atoms. The number of piperazine rings is 1. The number of halogens is 1. The van der Waals surface area contributed by atoms with E-state index in [4.69, 9.17) is 41.0 Å². The topological polar surface area (TPSA) is 372 Å². The van der Waals surface area contributed by atoms with Crippen LogP contribution < -0.4 is 10.5 Å². The number of carboxylic acid groups (broad SMARTS) is 6. The summed E-state index contributed by atoms with van der Waals surface area (Å²) in [4.78, 5) is 71.0. The number of hydrogen-bond donors (Lipinski definition) is 8. The SMILES string of the molecule is Cc1ccc2nonc2c1S(=O)(=O)Nc1ccc(-c2cn(C3CCC(N4CCN(C)CC4)CC3)c3ncnc(N)c23)cc1F.O=C(O)/C=C\C(=O)O.O=C(O)/C=C\C(=O)O.O=C(O)/C=C\C(=O)O. The number of aromatic nitrogens is 5. The summed E-state index contributed by atoms with van der Waals surface area (Å²) in [5.74, 6) is -7.97. The van der Waals surface area contributed by atoms with E-state index < -0.39 is 51.7 Å². The number of nitrogens with one attached hydrogen (secondary N) is 1. The summed E-state index contributed by atoms with van der Waals surface area (Å²) >= 11 is 0. The lowest BCUT2D eigenvalue weighted by Gasteiger charge is -2.41. The molecular formula is C42H46FN9O15S. The van der Waals surface area contributed by atoms with E-state index in [1.807, 2.05) is 6.20 Å². The van der Waals surface area contributed by atoms with Crippen molar-refractivity contribution in [1.82, 2.24) is 34.6 Å². The van der Waals surface area contributed by atoms with Crippen molar-refractivity contribution in [2.75, 3.05) is 43.7 Å². The summed E-state index contributed by atoms with van der Waals surface area (Å²) in [5, 5.41) is 55.0. The molecule has 0 atom stereocenters. The van der Waals surface area contributed by atoms with Crippen LogP contribution in [0.2, 0.25) is 0 Å². The minimum absolute atomic E-state index is 0.0791. The number of sulfonamides is 1. The van der Waals surface area contributed by atoms with Crippen molar-refractivity contribution in [1.29, 1.82) is 0 Å². The van der Waals surface area contributed by atoms with E-state index >= 15 is 4.39 Å². The van der Waals surface area contributed by atoms with Gasteiger partial charge in [0.25, 0.3) is 10.0 Å². The average Bonchev–Trinajstić information content (AvgIpc) is 3.92. The molecule has 0 amide bonds. The molecule has 4 heterocycles. The van der Waals surface area contributed by atoms with Gasteiger partial charge in [-0.05, 0) is 79.3 Å². The highest BCUT2D eigenvalue weighted by Gasteiger charge is 2.30. The van der Waals surface area contributed by atoms with Crippen LogP contribution in [0.25, 0.3) is 33.2 Å². The molecular weight excluding hydrogens is 922 g/mol. The van der Waals surface area contributed by atoms with Crippen molar-refractivity contribution in [2.45, 2.75) is 49.6 Å². The largest absolute Gasteiger partial charge is 0.478 e. The first-order valence-corrected chi connectivity index (χ1v) is 21.6. The first-order valence-electron chi connectivity index (χ1n) is 20.1. The summed E-state index contributed by atoms with van der Waals surface area (Å²) in [7, 11) is -2.04. The Morgan fingerprint density at radius 1 is 0.750 bits per heavy atom. The third kappa shape index (κ3) is 15.0. The Hall–Kier alpha value is -8.10. The summed E-state index contributed by atoms with van der Waals surface area (Å²) in [6.45, 7) is 6.05. The molecule has 9 N–H and O–H groups in total. The Balaban J connectivity index is 0.000000346. The van der Waals surface area contributed by atoms with E-state index in [0.717, 1.165) is 51.9 Å². The molecule has 1 saturated carbocycles. The molecule has 0 spiro atoms. The van der Waals surface area contributed by atoms with E-state index in [-0.39, 0.29) is 27.7 Å². The smallest absolute Gasteiger partial charge is 0.328 e. The van der Waals surface area contributed by atoms with E-state index in [1.165, 1.54) is 18.5 Å². The number of nitrogens with zero attached hydrogens (tertiary/aromatic N) is 7. The van der Waals surface area contributed by atoms with Crippen LogP contribution in [-0.4, -0.2) is 149 Å². The van der Waals surface area contributed by atoms with Crippen LogP contribution in [0.4, 0.5) is 15.9 Å². The number of carbonyl (C=O) groups is 6. The number of aryl methyl sites for hydroxylation is 1. The van der Waals surface area contributed by atoms with Gasteiger partial charge in [0.05, 0.1) is 11.1 Å². The highest BCUT2D eigenvalue weighted by molar-refractivity contribution is 7.93. The van der Waals surface area contributed by atoms with E-state index in [2.05, 4.69) is 46.4 Å². The van der Waals surface area contributed by atoms with Gasteiger partial charge in [0.2, 0.25) is 0 Å². The van der Waals surface area contributed by atoms with Gasteiger partial charge in [0, 0.05) is 86.5 Å². The highest BCUT2D eigenvalue weighted by atomic mass is 32.2. The molecule has 26 heteroatoms. The average molecular weight is 968 g/mol. The molecule has 24 nitrogen and oxygen atoms in total. The minimum atomic E-state index is -4.21.